The van der Waals surface area contributed by atoms with Crippen molar-refractivity contribution >= 4 is 51.7 Å². The van der Waals surface area contributed by atoms with Gasteiger partial charge in [-0.2, -0.15) is 15.5 Å². The molecule has 198 valence electrons. The summed E-state index contributed by atoms with van der Waals surface area (Å²) in [6.45, 7) is 3.81. The Hall–Kier alpha value is -5.38. The van der Waals surface area contributed by atoms with Crippen LogP contribution in [0.15, 0.2) is 60.8 Å². The summed E-state index contributed by atoms with van der Waals surface area (Å²) >= 11 is 5.86. The number of hydrogen-bond acceptors (Lipinski definition) is 9. The van der Waals surface area contributed by atoms with Crippen molar-refractivity contribution in [2.24, 2.45) is 0 Å². The van der Waals surface area contributed by atoms with Crippen molar-refractivity contribution in [2.75, 3.05) is 23.5 Å². The smallest absolute Gasteiger partial charge is 0.257 e. The molecule has 0 atom stereocenters. The highest BCUT2D eigenvalue weighted by atomic mass is 35.5. The molecule has 4 aromatic rings. The molecule has 1 heterocycles. The van der Waals surface area contributed by atoms with Crippen LogP contribution >= 0.6 is 11.6 Å². The number of nitrogens with two attached hydrogens (primary N) is 1. The first-order valence-corrected chi connectivity index (χ1v) is 12.4. The summed E-state index contributed by atoms with van der Waals surface area (Å²) in [7, 11) is 1.53. The Morgan fingerprint density at radius 1 is 1.07 bits per heavy atom. The number of nitrogens with one attached hydrogen (secondary N) is 2. The number of anilines is 5. The van der Waals surface area contributed by atoms with Crippen LogP contribution in [0.3, 0.4) is 0 Å². The summed E-state index contributed by atoms with van der Waals surface area (Å²) in [5.41, 5.74) is 12.5. The molecule has 0 unspecified atom stereocenters. The van der Waals surface area contributed by atoms with E-state index >= 15 is 0 Å². The molecule has 1 aromatic heterocycles. The molecule has 10 heteroatoms. The molecule has 0 spiro atoms. The van der Waals surface area contributed by atoms with Crippen LogP contribution in [-0.2, 0) is 0 Å². The molecule has 0 bridgehead atoms. The van der Waals surface area contributed by atoms with Gasteiger partial charge in [0.15, 0.2) is 0 Å². The number of nitrogen functional groups attached to an aromatic ring is 1. The van der Waals surface area contributed by atoms with Crippen LogP contribution in [-0.4, -0.2) is 22.3 Å². The van der Waals surface area contributed by atoms with E-state index in [0.717, 1.165) is 22.4 Å². The van der Waals surface area contributed by atoms with Gasteiger partial charge in [-0.3, -0.25) is 4.79 Å². The van der Waals surface area contributed by atoms with Gasteiger partial charge in [0, 0.05) is 34.8 Å². The lowest BCUT2D eigenvalue weighted by atomic mass is 9.99. The first-order valence-electron chi connectivity index (χ1n) is 12.0. The van der Waals surface area contributed by atoms with E-state index in [1.807, 2.05) is 38.1 Å². The van der Waals surface area contributed by atoms with Crippen molar-refractivity contribution in [2.45, 2.75) is 13.8 Å². The predicted molar refractivity (Wildman–Crippen MR) is 157 cm³/mol. The van der Waals surface area contributed by atoms with Crippen molar-refractivity contribution in [3.8, 4) is 29.0 Å². The number of carbonyl (C=O) groups is 1. The minimum atomic E-state index is -0.721. The van der Waals surface area contributed by atoms with E-state index in [4.69, 9.17) is 27.3 Å². The number of rotatable bonds is 8. The van der Waals surface area contributed by atoms with E-state index in [9.17, 15) is 10.1 Å². The Morgan fingerprint density at radius 3 is 2.48 bits per heavy atom. The van der Waals surface area contributed by atoms with Crippen LogP contribution in [0.25, 0.3) is 17.2 Å². The second-order valence-corrected chi connectivity index (χ2v) is 9.11. The number of ether oxygens (including phenoxy) is 1. The van der Waals surface area contributed by atoms with Crippen molar-refractivity contribution in [3.63, 3.8) is 0 Å². The number of carbonyl (C=O) groups excluding carboxylic acids is 1. The van der Waals surface area contributed by atoms with Gasteiger partial charge in [-0.15, -0.1) is 0 Å². The monoisotopic (exact) mass is 549 g/mol. The van der Waals surface area contributed by atoms with E-state index in [1.165, 1.54) is 19.4 Å². The lowest BCUT2D eigenvalue weighted by molar-refractivity contribution is 0.108. The van der Waals surface area contributed by atoms with E-state index in [2.05, 4.69) is 26.7 Å². The third kappa shape index (κ3) is 5.86. The molecule has 9 nitrogen and oxygen atoms in total. The molecule has 0 aliphatic rings. The third-order valence-electron chi connectivity index (χ3n) is 6.12. The fraction of sp³-hybridized carbons (Fsp3) is 0.100. The van der Waals surface area contributed by atoms with Crippen LogP contribution in [0.5, 0.6) is 5.75 Å². The number of benzene rings is 3. The molecule has 0 saturated heterocycles. The van der Waals surface area contributed by atoms with Crippen molar-refractivity contribution < 1.29 is 9.53 Å². The summed E-state index contributed by atoms with van der Waals surface area (Å²) in [6.07, 6.45) is 4.46. The molecule has 4 N–H and O–H groups in total. The topological polar surface area (TPSA) is 150 Å². The summed E-state index contributed by atoms with van der Waals surface area (Å²) in [5.74, 6) is 0.888. The number of nitriles is 2. The lowest BCUT2D eigenvalue weighted by Gasteiger charge is -2.17. The molecular weight excluding hydrogens is 526 g/mol. The first-order chi connectivity index (χ1) is 19.2. The molecular formula is C30H24ClN7O2. The zero-order valence-electron chi connectivity index (χ0n) is 21.9. The average molecular weight is 550 g/mol. The Labute approximate surface area is 236 Å². The zero-order chi connectivity index (χ0) is 28.8. The molecule has 0 aliphatic carbocycles. The molecule has 4 rings (SSSR count). The number of hydrogen-bond donors (Lipinski definition) is 3. The first kappa shape index (κ1) is 27.6. The summed E-state index contributed by atoms with van der Waals surface area (Å²) in [4.78, 5) is 21.1. The molecule has 0 aliphatic heterocycles. The number of para-hydroxylation sites is 1. The summed E-state index contributed by atoms with van der Waals surface area (Å²) in [5, 5.41) is 24.0. The van der Waals surface area contributed by atoms with Gasteiger partial charge in [-0.05, 0) is 84.6 Å². The van der Waals surface area contributed by atoms with Crippen molar-refractivity contribution in [3.05, 3.63) is 88.6 Å². The van der Waals surface area contributed by atoms with Crippen LogP contribution in [0.2, 0.25) is 0 Å². The predicted octanol–water partition coefficient (Wildman–Crippen LogP) is 6.63. The van der Waals surface area contributed by atoms with E-state index in [1.54, 1.807) is 36.4 Å². The molecule has 0 fully saturated rings. The maximum atomic E-state index is 12.2. The fourth-order valence-corrected chi connectivity index (χ4v) is 4.38. The zero-order valence-corrected chi connectivity index (χ0v) is 22.7. The van der Waals surface area contributed by atoms with Gasteiger partial charge in [0.25, 0.3) is 5.24 Å². The van der Waals surface area contributed by atoms with Gasteiger partial charge in [0.05, 0.1) is 36.1 Å². The number of nitrogens with zero attached hydrogens (tertiary/aromatic N) is 4. The molecule has 40 heavy (non-hydrogen) atoms. The Kier molecular flexibility index (Phi) is 8.29. The van der Waals surface area contributed by atoms with E-state index in [-0.39, 0.29) is 17.3 Å². The van der Waals surface area contributed by atoms with Gasteiger partial charge in [-0.25, -0.2) is 4.98 Å². The maximum Gasteiger partial charge on any atom is 0.257 e. The summed E-state index contributed by atoms with van der Waals surface area (Å²) in [6, 6.07) is 18.4. The largest absolute Gasteiger partial charge is 0.495 e. The van der Waals surface area contributed by atoms with Crippen LogP contribution < -0.4 is 21.1 Å². The Morgan fingerprint density at radius 2 is 1.82 bits per heavy atom. The van der Waals surface area contributed by atoms with Crippen LogP contribution in [0.4, 0.5) is 28.8 Å². The minimum Gasteiger partial charge on any atom is -0.495 e. The average Bonchev–Trinajstić information content (AvgIpc) is 2.94. The van der Waals surface area contributed by atoms with Crippen LogP contribution in [0, 0.1) is 36.5 Å². The number of aromatic nitrogens is 2. The number of halogens is 1. The van der Waals surface area contributed by atoms with Gasteiger partial charge >= 0.3 is 0 Å². The highest BCUT2D eigenvalue weighted by Crippen LogP contribution is 2.38. The van der Waals surface area contributed by atoms with E-state index < -0.39 is 5.24 Å². The highest BCUT2D eigenvalue weighted by Gasteiger charge is 2.18. The lowest BCUT2D eigenvalue weighted by Crippen LogP contribution is -2.08. The van der Waals surface area contributed by atoms with Crippen molar-refractivity contribution in [1.29, 1.82) is 10.5 Å². The second-order valence-electron chi connectivity index (χ2n) is 8.77. The molecule has 0 amide bonds. The standard InChI is InChI=1S/C30H24ClN7O2/c1-17-12-19(6-5-11-32)13-18(2)27(17)37-29-23(28(31)39)16-35-30(38-29)36-24-10-9-20(15-33)14-22(24)21-7-4-8-25(40-3)26(21)34/h4-10,12-14,16H,34H2,1-3H3,(H2,35,36,37,38)/b6-5+. The minimum absolute atomic E-state index is 0.0940. The number of allylic oxidation sites excluding steroid dienone is 1. The normalized spacial score (nSPS) is 10.6. The van der Waals surface area contributed by atoms with Crippen LogP contribution in [0.1, 0.15) is 32.6 Å². The molecule has 3 aromatic carbocycles. The second kappa shape index (κ2) is 12.0. The van der Waals surface area contributed by atoms with Crippen molar-refractivity contribution in [1.82, 2.24) is 9.97 Å². The number of methoxy groups -OCH3 is 1. The Balaban J connectivity index is 1.77. The fourth-order valence-electron chi connectivity index (χ4n) is 4.25. The van der Waals surface area contributed by atoms with E-state index in [0.29, 0.717) is 33.8 Å². The summed E-state index contributed by atoms with van der Waals surface area (Å²) < 4.78 is 5.37. The van der Waals surface area contributed by atoms with Gasteiger partial charge in [0.2, 0.25) is 5.95 Å². The third-order valence-corrected chi connectivity index (χ3v) is 6.32. The molecule has 0 saturated carbocycles. The SMILES string of the molecule is COc1cccc(-c2cc(C#N)ccc2Nc2ncc(C(=O)Cl)c(Nc3c(C)cc(/C=C/C#N)cc3C)n2)c1N. The quantitative estimate of drug-likeness (QED) is 0.125. The number of aryl methyl sites for hydroxylation is 2. The highest BCUT2D eigenvalue weighted by molar-refractivity contribution is 6.68. The van der Waals surface area contributed by atoms with Gasteiger partial charge < -0.3 is 21.1 Å². The Bertz CT molecular complexity index is 1710. The van der Waals surface area contributed by atoms with Gasteiger partial charge in [0.1, 0.15) is 11.6 Å². The van der Waals surface area contributed by atoms with Gasteiger partial charge in [-0.1, -0.05) is 12.1 Å². The maximum absolute atomic E-state index is 12.2. The molecule has 0 radical (unpaired) electrons.